The van der Waals surface area contributed by atoms with E-state index in [0.717, 1.165) is 41.6 Å². The molecule has 106 valence electrons. The summed E-state index contributed by atoms with van der Waals surface area (Å²) in [5.41, 5.74) is 2.38. The Hall–Kier alpha value is -1.51. The van der Waals surface area contributed by atoms with Crippen LogP contribution in [0.25, 0.3) is 17.4 Å². The van der Waals surface area contributed by atoms with Crippen molar-refractivity contribution in [2.24, 2.45) is 0 Å². The highest BCUT2D eigenvalue weighted by molar-refractivity contribution is 6.30. The van der Waals surface area contributed by atoms with Gasteiger partial charge in [-0.25, -0.2) is 0 Å². The minimum atomic E-state index is 0.735. The van der Waals surface area contributed by atoms with E-state index < -0.39 is 0 Å². The fourth-order valence-electron chi connectivity index (χ4n) is 1.96. The van der Waals surface area contributed by atoms with Crippen molar-refractivity contribution in [2.75, 3.05) is 13.1 Å². The third-order valence-electron chi connectivity index (χ3n) is 3.16. The van der Waals surface area contributed by atoms with Crippen molar-refractivity contribution < 1.29 is 4.42 Å². The Balaban J connectivity index is 2.15. The van der Waals surface area contributed by atoms with Gasteiger partial charge in [-0.05, 0) is 55.4 Å². The van der Waals surface area contributed by atoms with Crippen LogP contribution in [0.2, 0.25) is 5.02 Å². The fraction of sp³-hybridized carbons (Fsp3) is 0.294. The van der Waals surface area contributed by atoms with Crippen LogP contribution in [0.1, 0.15) is 26.0 Å². The lowest BCUT2D eigenvalue weighted by molar-refractivity contribution is 0.570. The smallest absolute Gasteiger partial charge is 0.134 e. The van der Waals surface area contributed by atoms with Crippen molar-refractivity contribution >= 4 is 17.7 Å². The van der Waals surface area contributed by atoms with Crippen molar-refractivity contribution in [3.8, 4) is 11.3 Å². The molecular formula is C17H20ClNO. The van der Waals surface area contributed by atoms with Gasteiger partial charge in [0.2, 0.25) is 0 Å². The van der Waals surface area contributed by atoms with E-state index >= 15 is 0 Å². The maximum Gasteiger partial charge on any atom is 0.134 e. The van der Waals surface area contributed by atoms with E-state index in [4.69, 9.17) is 16.0 Å². The summed E-state index contributed by atoms with van der Waals surface area (Å²) in [6, 6.07) is 11.7. The van der Waals surface area contributed by atoms with Crippen LogP contribution in [-0.4, -0.2) is 13.1 Å². The Bertz CT molecular complexity index is 569. The average Bonchev–Trinajstić information content (AvgIpc) is 2.92. The number of benzene rings is 1. The predicted molar refractivity (Wildman–Crippen MR) is 86.0 cm³/mol. The van der Waals surface area contributed by atoms with Crippen molar-refractivity contribution in [2.45, 2.75) is 20.3 Å². The lowest BCUT2D eigenvalue weighted by Crippen LogP contribution is -2.15. The number of furan rings is 1. The Kier molecular flexibility index (Phi) is 5.45. The topological polar surface area (TPSA) is 25.2 Å². The van der Waals surface area contributed by atoms with Crippen LogP contribution in [0, 0.1) is 0 Å². The highest BCUT2D eigenvalue weighted by atomic mass is 35.5. The lowest BCUT2D eigenvalue weighted by atomic mass is 10.1. The zero-order valence-corrected chi connectivity index (χ0v) is 12.7. The van der Waals surface area contributed by atoms with Gasteiger partial charge in [-0.3, -0.25) is 0 Å². The molecule has 0 atom stereocenters. The minimum Gasteiger partial charge on any atom is -0.457 e. The zero-order valence-electron chi connectivity index (χ0n) is 11.9. The van der Waals surface area contributed by atoms with Crippen LogP contribution in [0.3, 0.4) is 0 Å². The second-order valence-electron chi connectivity index (χ2n) is 4.65. The average molecular weight is 290 g/mol. The highest BCUT2D eigenvalue weighted by Crippen LogP contribution is 2.25. The molecule has 2 aromatic rings. The van der Waals surface area contributed by atoms with E-state index in [1.54, 1.807) is 0 Å². The van der Waals surface area contributed by atoms with Crippen molar-refractivity contribution in [1.29, 1.82) is 0 Å². The molecule has 0 saturated carbocycles. The number of likely N-dealkylation sites (N-methyl/N-ethyl adjacent to an activating group) is 1. The van der Waals surface area contributed by atoms with Gasteiger partial charge >= 0.3 is 0 Å². The van der Waals surface area contributed by atoms with Gasteiger partial charge < -0.3 is 9.73 Å². The number of hydrogen-bond acceptors (Lipinski definition) is 2. The first kappa shape index (κ1) is 14.9. The SMILES string of the molecule is CCNCC(=Cc1ccc(-c2ccc(Cl)cc2)o1)CC. The van der Waals surface area contributed by atoms with E-state index in [1.807, 2.05) is 36.4 Å². The van der Waals surface area contributed by atoms with Crippen LogP contribution >= 0.6 is 11.6 Å². The molecule has 3 heteroatoms. The molecular weight excluding hydrogens is 270 g/mol. The van der Waals surface area contributed by atoms with E-state index in [9.17, 15) is 0 Å². The Morgan fingerprint density at radius 1 is 1.15 bits per heavy atom. The summed E-state index contributed by atoms with van der Waals surface area (Å²) in [7, 11) is 0. The van der Waals surface area contributed by atoms with Crippen LogP contribution in [-0.2, 0) is 0 Å². The molecule has 0 amide bonds. The molecule has 1 heterocycles. The monoisotopic (exact) mass is 289 g/mol. The van der Waals surface area contributed by atoms with Gasteiger partial charge in [-0.15, -0.1) is 0 Å². The summed E-state index contributed by atoms with van der Waals surface area (Å²) in [5.74, 6) is 1.76. The van der Waals surface area contributed by atoms with Gasteiger partial charge in [0.05, 0.1) is 0 Å². The van der Waals surface area contributed by atoms with Gasteiger partial charge in [-0.2, -0.15) is 0 Å². The molecule has 0 radical (unpaired) electrons. The normalized spacial score (nSPS) is 11.8. The predicted octanol–water partition coefficient (Wildman–Crippen LogP) is 5.00. The van der Waals surface area contributed by atoms with Gasteiger partial charge in [0.25, 0.3) is 0 Å². The maximum atomic E-state index is 5.89. The molecule has 0 aliphatic heterocycles. The van der Waals surface area contributed by atoms with E-state index in [2.05, 4.69) is 25.2 Å². The molecule has 1 N–H and O–H groups in total. The molecule has 0 aliphatic carbocycles. The van der Waals surface area contributed by atoms with Crippen LogP contribution in [0.4, 0.5) is 0 Å². The van der Waals surface area contributed by atoms with Crippen LogP contribution in [0.15, 0.2) is 46.4 Å². The molecule has 0 bridgehead atoms. The molecule has 0 fully saturated rings. The Morgan fingerprint density at radius 3 is 2.55 bits per heavy atom. The van der Waals surface area contributed by atoms with E-state index in [-0.39, 0.29) is 0 Å². The van der Waals surface area contributed by atoms with Gasteiger partial charge in [0, 0.05) is 17.1 Å². The Morgan fingerprint density at radius 2 is 1.90 bits per heavy atom. The summed E-state index contributed by atoms with van der Waals surface area (Å²) in [6.45, 7) is 6.15. The number of nitrogens with one attached hydrogen (secondary N) is 1. The summed E-state index contributed by atoms with van der Waals surface area (Å²) in [6.07, 6.45) is 3.13. The molecule has 0 aliphatic rings. The Labute approximate surface area is 125 Å². The molecule has 0 saturated heterocycles. The highest BCUT2D eigenvalue weighted by Gasteiger charge is 2.04. The summed E-state index contributed by atoms with van der Waals surface area (Å²) in [5, 5.41) is 4.08. The van der Waals surface area contributed by atoms with E-state index in [1.165, 1.54) is 5.57 Å². The van der Waals surface area contributed by atoms with Crippen LogP contribution < -0.4 is 5.32 Å². The molecule has 2 nitrogen and oxygen atoms in total. The minimum absolute atomic E-state index is 0.735. The molecule has 0 spiro atoms. The molecule has 0 unspecified atom stereocenters. The number of halogens is 1. The van der Waals surface area contributed by atoms with Gasteiger partial charge in [-0.1, -0.05) is 31.0 Å². The largest absolute Gasteiger partial charge is 0.457 e. The third kappa shape index (κ3) is 3.99. The molecule has 1 aromatic carbocycles. The summed E-state index contributed by atoms with van der Waals surface area (Å²) >= 11 is 5.89. The van der Waals surface area contributed by atoms with Crippen LogP contribution in [0.5, 0.6) is 0 Å². The molecule has 2 rings (SSSR count). The molecule has 1 aromatic heterocycles. The second-order valence-corrected chi connectivity index (χ2v) is 5.08. The van der Waals surface area contributed by atoms with E-state index in [0.29, 0.717) is 0 Å². The number of hydrogen-bond donors (Lipinski definition) is 1. The fourth-order valence-corrected chi connectivity index (χ4v) is 2.09. The molecule has 20 heavy (non-hydrogen) atoms. The van der Waals surface area contributed by atoms with Crippen molar-refractivity contribution in [3.05, 3.63) is 52.8 Å². The standard InChI is InChI=1S/C17H20ClNO/c1-3-13(12-19-4-2)11-16-9-10-17(20-16)14-5-7-15(18)8-6-14/h5-11,19H,3-4,12H2,1-2H3. The second kappa shape index (κ2) is 7.32. The third-order valence-corrected chi connectivity index (χ3v) is 3.41. The first-order valence-electron chi connectivity index (χ1n) is 6.99. The number of rotatable bonds is 6. The first-order chi connectivity index (χ1) is 9.72. The lowest BCUT2D eigenvalue weighted by Gasteiger charge is -2.04. The first-order valence-corrected chi connectivity index (χ1v) is 7.36. The zero-order chi connectivity index (χ0) is 14.4. The van der Waals surface area contributed by atoms with Crippen molar-refractivity contribution in [1.82, 2.24) is 5.32 Å². The summed E-state index contributed by atoms with van der Waals surface area (Å²) < 4.78 is 5.87. The van der Waals surface area contributed by atoms with Gasteiger partial charge in [0.1, 0.15) is 11.5 Å². The summed E-state index contributed by atoms with van der Waals surface area (Å²) in [4.78, 5) is 0. The maximum absolute atomic E-state index is 5.89. The quantitative estimate of drug-likeness (QED) is 0.809. The van der Waals surface area contributed by atoms with Crippen molar-refractivity contribution in [3.63, 3.8) is 0 Å². The van der Waals surface area contributed by atoms with Gasteiger partial charge in [0.15, 0.2) is 0 Å².